The SMILES string of the molecule is CCn1cc(NC(=O)c2ccco2)c(C(N)=O)n1. The van der Waals surface area contributed by atoms with Gasteiger partial charge < -0.3 is 15.5 Å². The summed E-state index contributed by atoms with van der Waals surface area (Å²) in [6.07, 6.45) is 2.93. The highest BCUT2D eigenvalue weighted by Crippen LogP contribution is 2.15. The van der Waals surface area contributed by atoms with Crippen LogP contribution < -0.4 is 11.1 Å². The molecule has 18 heavy (non-hydrogen) atoms. The van der Waals surface area contributed by atoms with E-state index in [1.807, 2.05) is 6.92 Å². The smallest absolute Gasteiger partial charge is 0.291 e. The van der Waals surface area contributed by atoms with E-state index in [1.54, 1.807) is 12.3 Å². The molecule has 2 heterocycles. The summed E-state index contributed by atoms with van der Waals surface area (Å²) in [7, 11) is 0. The fraction of sp³-hybridized carbons (Fsp3) is 0.182. The molecule has 2 aromatic heterocycles. The number of nitrogens with zero attached hydrogens (tertiary/aromatic N) is 2. The van der Waals surface area contributed by atoms with Gasteiger partial charge in [-0.15, -0.1) is 0 Å². The molecule has 0 aliphatic rings. The van der Waals surface area contributed by atoms with E-state index in [-0.39, 0.29) is 17.1 Å². The third-order valence-electron chi connectivity index (χ3n) is 2.31. The summed E-state index contributed by atoms with van der Waals surface area (Å²) >= 11 is 0. The quantitative estimate of drug-likeness (QED) is 0.836. The topological polar surface area (TPSA) is 103 Å². The van der Waals surface area contributed by atoms with Gasteiger partial charge in [0.15, 0.2) is 11.5 Å². The number of hydrogen-bond acceptors (Lipinski definition) is 4. The number of aryl methyl sites for hydroxylation is 1. The zero-order valence-corrected chi connectivity index (χ0v) is 9.71. The van der Waals surface area contributed by atoms with Crippen LogP contribution in [-0.2, 0) is 6.54 Å². The maximum atomic E-state index is 11.8. The molecule has 0 unspecified atom stereocenters. The van der Waals surface area contributed by atoms with Crippen molar-refractivity contribution in [2.75, 3.05) is 5.32 Å². The molecule has 7 heteroatoms. The molecule has 2 amide bonds. The first-order chi connectivity index (χ1) is 8.61. The number of nitrogens with one attached hydrogen (secondary N) is 1. The van der Waals surface area contributed by atoms with Gasteiger partial charge in [-0.05, 0) is 19.1 Å². The zero-order valence-electron chi connectivity index (χ0n) is 9.71. The van der Waals surface area contributed by atoms with Gasteiger partial charge in [-0.2, -0.15) is 5.10 Å². The van der Waals surface area contributed by atoms with Crippen molar-refractivity contribution in [3.63, 3.8) is 0 Å². The Labute approximate surface area is 103 Å². The van der Waals surface area contributed by atoms with Gasteiger partial charge in [0, 0.05) is 12.7 Å². The average molecular weight is 248 g/mol. The molecule has 7 nitrogen and oxygen atoms in total. The summed E-state index contributed by atoms with van der Waals surface area (Å²) in [5.41, 5.74) is 5.48. The van der Waals surface area contributed by atoms with Crippen molar-refractivity contribution in [2.45, 2.75) is 13.5 Å². The molecular weight excluding hydrogens is 236 g/mol. The van der Waals surface area contributed by atoms with Crippen LogP contribution in [0.15, 0.2) is 29.0 Å². The number of aromatic nitrogens is 2. The third-order valence-corrected chi connectivity index (χ3v) is 2.31. The molecule has 0 spiro atoms. The van der Waals surface area contributed by atoms with Crippen molar-refractivity contribution in [1.29, 1.82) is 0 Å². The lowest BCUT2D eigenvalue weighted by Gasteiger charge is -2.00. The first kappa shape index (κ1) is 11.9. The summed E-state index contributed by atoms with van der Waals surface area (Å²) < 4.78 is 6.46. The molecule has 0 aliphatic carbocycles. The Hall–Kier alpha value is -2.57. The minimum atomic E-state index is -0.697. The molecule has 0 aliphatic heterocycles. The van der Waals surface area contributed by atoms with E-state index in [1.165, 1.54) is 17.0 Å². The van der Waals surface area contributed by atoms with Crippen LogP contribution in [0.5, 0.6) is 0 Å². The minimum absolute atomic E-state index is 0.0248. The molecule has 94 valence electrons. The maximum Gasteiger partial charge on any atom is 0.291 e. The fourth-order valence-corrected chi connectivity index (χ4v) is 1.45. The first-order valence-electron chi connectivity index (χ1n) is 5.34. The van der Waals surface area contributed by atoms with Crippen molar-refractivity contribution in [1.82, 2.24) is 9.78 Å². The van der Waals surface area contributed by atoms with Crippen LogP contribution >= 0.6 is 0 Å². The van der Waals surface area contributed by atoms with E-state index in [2.05, 4.69) is 10.4 Å². The molecule has 0 bridgehead atoms. The largest absolute Gasteiger partial charge is 0.459 e. The van der Waals surface area contributed by atoms with E-state index in [9.17, 15) is 9.59 Å². The maximum absolute atomic E-state index is 11.8. The lowest BCUT2D eigenvalue weighted by Crippen LogP contribution is -2.17. The normalized spacial score (nSPS) is 10.3. The summed E-state index contributed by atoms with van der Waals surface area (Å²) in [6.45, 7) is 2.42. The number of primary amides is 1. The standard InChI is InChI=1S/C11H12N4O3/c1-2-15-6-7(9(14-15)10(12)16)13-11(17)8-4-3-5-18-8/h3-6H,2H2,1H3,(H2,12,16)(H,13,17). The van der Waals surface area contributed by atoms with Crippen LogP contribution in [-0.4, -0.2) is 21.6 Å². The summed E-state index contributed by atoms with van der Waals surface area (Å²) in [5, 5.41) is 6.49. The molecule has 0 saturated carbocycles. The number of nitrogens with two attached hydrogens (primary N) is 1. The van der Waals surface area contributed by atoms with E-state index in [4.69, 9.17) is 10.2 Å². The molecule has 0 aromatic carbocycles. The van der Waals surface area contributed by atoms with Crippen molar-refractivity contribution >= 4 is 17.5 Å². The van der Waals surface area contributed by atoms with Gasteiger partial charge in [0.2, 0.25) is 0 Å². The molecule has 0 fully saturated rings. The number of amides is 2. The first-order valence-corrected chi connectivity index (χ1v) is 5.34. The summed E-state index contributed by atoms with van der Waals surface area (Å²) in [5.74, 6) is -1.01. The van der Waals surface area contributed by atoms with Gasteiger partial charge in [-0.25, -0.2) is 0 Å². The number of hydrogen-bond donors (Lipinski definition) is 2. The molecular formula is C11H12N4O3. The summed E-state index contributed by atoms with van der Waals surface area (Å²) in [6, 6.07) is 3.11. The minimum Gasteiger partial charge on any atom is -0.459 e. The van der Waals surface area contributed by atoms with E-state index < -0.39 is 11.8 Å². The second-order valence-electron chi connectivity index (χ2n) is 3.54. The van der Waals surface area contributed by atoms with E-state index >= 15 is 0 Å². The predicted octanol–water partition coefficient (Wildman–Crippen LogP) is 0.847. The van der Waals surface area contributed by atoms with E-state index in [0.717, 1.165) is 0 Å². The van der Waals surface area contributed by atoms with Crippen LogP contribution in [0.4, 0.5) is 5.69 Å². The highest BCUT2D eigenvalue weighted by Gasteiger charge is 2.17. The second-order valence-corrected chi connectivity index (χ2v) is 3.54. The highest BCUT2D eigenvalue weighted by atomic mass is 16.3. The fourth-order valence-electron chi connectivity index (χ4n) is 1.45. The number of anilines is 1. The zero-order chi connectivity index (χ0) is 13.1. The lowest BCUT2D eigenvalue weighted by molar-refractivity contribution is 0.0995. The Morgan fingerprint density at radius 3 is 2.89 bits per heavy atom. The van der Waals surface area contributed by atoms with Crippen molar-refractivity contribution < 1.29 is 14.0 Å². The number of carbonyl (C=O) groups excluding carboxylic acids is 2. The lowest BCUT2D eigenvalue weighted by atomic mass is 10.3. The van der Waals surface area contributed by atoms with Crippen LogP contribution in [0.25, 0.3) is 0 Å². The van der Waals surface area contributed by atoms with Gasteiger partial charge >= 0.3 is 0 Å². The van der Waals surface area contributed by atoms with Gasteiger partial charge in [0.1, 0.15) is 0 Å². The Kier molecular flexibility index (Phi) is 3.13. The van der Waals surface area contributed by atoms with Gasteiger partial charge in [0.25, 0.3) is 11.8 Å². The van der Waals surface area contributed by atoms with Crippen molar-refractivity contribution in [3.8, 4) is 0 Å². The Bertz CT molecular complexity index is 571. The Morgan fingerprint density at radius 1 is 1.56 bits per heavy atom. The molecule has 2 aromatic rings. The number of carbonyl (C=O) groups is 2. The monoisotopic (exact) mass is 248 g/mol. The van der Waals surface area contributed by atoms with Crippen molar-refractivity contribution in [3.05, 3.63) is 36.0 Å². The van der Waals surface area contributed by atoms with Gasteiger partial charge in [0.05, 0.1) is 12.0 Å². The van der Waals surface area contributed by atoms with Crippen molar-refractivity contribution in [2.24, 2.45) is 5.73 Å². The van der Waals surface area contributed by atoms with Crippen LogP contribution in [0.2, 0.25) is 0 Å². The molecule has 3 N–H and O–H groups in total. The second kappa shape index (κ2) is 4.74. The van der Waals surface area contributed by atoms with Crippen LogP contribution in [0.1, 0.15) is 28.0 Å². The predicted molar refractivity (Wildman–Crippen MR) is 63.1 cm³/mol. The van der Waals surface area contributed by atoms with E-state index in [0.29, 0.717) is 6.54 Å². The molecule has 0 saturated heterocycles. The third kappa shape index (κ3) is 2.24. The number of furan rings is 1. The average Bonchev–Trinajstić information content (AvgIpc) is 2.97. The highest BCUT2D eigenvalue weighted by molar-refractivity contribution is 6.06. The Balaban J connectivity index is 2.25. The van der Waals surface area contributed by atoms with Gasteiger partial charge in [-0.3, -0.25) is 14.3 Å². The van der Waals surface area contributed by atoms with Gasteiger partial charge in [-0.1, -0.05) is 0 Å². The van der Waals surface area contributed by atoms with Crippen LogP contribution in [0.3, 0.4) is 0 Å². The Morgan fingerprint density at radius 2 is 2.33 bits per heavy atom. The summed E-state index contributed by atoms with van der Waals surface area (Å²) in [4.78, 5) is 22.9. The molecule has 0 radical (unpaired) electrons. The number of rotatable bonds is 4. The van der Waals surface area contributed by atoms with Crippen LogP contribution in [0, 0.1) is 0 Å². The molecule has 2 rings (SSSR count). The molecule has 0 atom stereocenters.